The molecule has 2 nitrogen and oxygen atoms in total. The fraction of sp³-hybridized carbons (Fsp3) is 0.500. The molecule has 1 atom stereocenters. The van der Waals surface area contributed by atoms with Gasteiger partial charge in [-0.2, -0.15) is 11.8 Å². The molecule has 0 aliphatic carbocycles. The zero-order chi connectivity index (χ0) is 10.7. The van der Waals surface area contributed by atoms with E-state index in [1.807, 2.05) is 11.8 Å². The molecule has 0 aromatic heterocycles. The first kappa shape index (κ1) is 10.8. The van der Waals surface area contributed by atoms with Gasteiger partial charge in [0.2, 0.25) is 0 Å². The number of para-hydroxylation sites is 1. The molecule has 0 saturated carbocycles. The van der Waals surface area contributed by atoms with Crippen molar-refractivity contribution < 1.29 is 0 Å². The number of hydrogen-bond acceptors (Lipinski definition) is 3. The Morgan fingerprint density at radius 2 is 2.27 bits per heavy atom. The molecule has 1 fully saturated rings. The van der Waals surface area contributed by atoms with Gasteiger partial charge < -0.3 is 10.6 Å². The van der Waals surface area contributed by atoms with Crippen LogP contribution in [0.3, 0.4) is 0 Å². The summed E-state index contributed by atoms with van der Waals surface area (Å²) in [7, 11) is 0. The molecule has 1 aliphatic rings. The summed E-state index contributed by atoms with van der Waals surface area (Å²) in [5.74, 6) is 2.45. The first-order valence-corrected chi connectivity index (χ1v) is 6.60. The molecule has 1 aliphatic heterocycles. The summed E-state index contributed by atoms with van der Waals surface area (Å²) in [5.41, 5.74) is 8.36. The molecule has 82 valence electrons. The van der Waals surface area contributed by atoms with Gasteiger partial charge >= 0.3 is 0 Å². The van der Waals surface area contributed by atoms with Crippen LogP contribution in [0.5, 0.6) is 0 Å². The van der Waals surface area contributed by atoms with Crippen LogP contribution >= 0.6 is 11.8 Å². The predicted molar refractivity (Wildman–Crippen MR) is 68.5 cm³/mol. The third kappa shape index (κ3) is 2.29. The molecule has 1 unspecified atom stereocenters. The monoisotopic (exact) mass is 222 g/mol. The normalized spacial score (nSPS) is 21.7. The third-order valence-corrected chi connectivity index (χ3v) is 4.08. The van der Waals surface area contributed by atoms with Gasteiger partial charge in [-0.3, -0.25) is 0 Å². The summed E-state index contributed by atoms with van der Waals surface area (Å²) in [4.78, 5) is 2.48. The summed E-state index contributed by atoms with van der Waals surface area (Å²) in [6, 6.07) is 9.10. The average Bonchev–Trinajstić information content (AvgIpc) is 2.30. The SMILES string of the molecule is CC1CSCCN1c1ccccc1CN. The van der Waals surface area contributed by atoms with Crippen molar-refractivity contribution in [2.45, 2.75) is 19.5 Å². The second-order valence-corrected chi connectivity index (χ2v) is 5.10. The number of nitrogens with two attached hydrogens (primary N) is 1. The van der Waals surface area contributed by atoms with Gasteiger partial charge in [-0.15, -0.1) is 0 Å². The number of thioether (sulfide) groups is 1. The molecule has 1 saturated heterocycles. The Morgan fingerprint density at radius 1 is 1.47 bits per heavy atom. The van der Waals surface area contributed by atoms with Crippen LogP contribution in [-0.2, 0) is 6.54 Å². The Bertz CT molecular complexity index is 327. The fourth-order valence-corrected chi connectivity index (χ4v) is 3.06. The van der Waals surface area contributed by atoms with Crippen LogP contribution in [-0.4, -0.2) is 24.1 Å². The largest absolute Gasteiger partial charge is 0.367 e. The molecule has 0 spiro atoms. The molecule has 1 aromatic rings. The van der Waals surface area contributed by atoms with Crippen LogP contribution < -0.4 is 10.6 Å². The van der Waals surface area contributed by atoms with Crippen LogP contribution in [0.15, 0.2) is 24.3 Å². The molecule has 2 N–H and O–H groups in total. The lowest BCUT2D eigenvalue weighted by Crippen LogP contribution is -2.41. The van der Waals surface area contributed by atoms with Crippen molar-refractivity contribution >= 4 is 17.4 Å². The van der Waals surface area contributed by atoms with Crippen molar-refractivity contribution in [1.82, 2.24) is 0 Å². The molecule has 1 aromatic carbocycles. The highest BCUT2D eigenvalue weighted by Gasteiger charge is 2.20. The maximum Gasteiger partial charge on any atom is 0.0414 e. The van der Waals surface area contributed by atoms with E-state index in [4.69, 9.17) is 5.73 Å². The summed E-state index contributed by atoms with van der Waals surface area (Å²) in [6.07, 6.45) is 0. The van der Waals surface area contributed by atoms with E-state index in [-0.39, 0.29) is 0 Å². The van der Waals surface area contributed by atoms with Gasteiger partial charge in [0.05, 0.1) is 0 Å². The lowest BCUT2D eigenvalue weighted by molar-refractivity contribution is 0.696. The maximum absolute atomic E-state index is 5.77. The summed E-state index contributed by atoms with van der Waals surface area (Å²) in [5, 5.41) is 0. The first-order chi connectivity index (χ1) is 7.33. The van der Waals surface area contributed by atoms with Gasteiger partial charge in [0.25, 0.3) is 0 Å². The van der Waals surface area contributed by atoms with Crippen molar-refractivity contribution in [3.8, 4) is 0 Å². The average molecular weight is 222 g/mol. The predicted octanol–water partition coefficient (Wildman–Crippen LogP) is 2.09. The molecule has 3 heteroatoms. The van der Waals surface area contributed by atoms with E-state index < -0.39 is 0 Å². The summed E-state index contributed by atoms with van der Waals surface area (Å²) < 4.78 is 0. The van der Waals surface area contributed by atoms with Gasteiger partial charge in [-0.05, 0) is 18.6 Å². The van der Waals surface area contributed by atoms with Gasteiger partial charge in [-0.1, -0.05) is 18.2 Å². The van der Waals surface area contributed by atoms with Crippen molar-refractivity contribution in [3.05, 3.63) is 29.8 Å². The Hall–Kier alpha value is -0.670. The summed E-state index contributed by atoms with van der Waals surface area (Å²) in [6.45, 7) is 4.06. The fourth-order valence-electron chi connectivity index (χ4n) is 2.05. The van der Waals surface area contributed by atoms with Crippen LogP contribution in [0.1, 0.15) is 12.5 Å². The minimum Gasteiger partial charge on any atom is -0.367 e. The minimum atomic E-state index is 0.622. The lowest BCUT2D eigenvalue weighted by atomic mass is 10.1. The number of rotatable bonds is 2. The van der Waals surface area contributed by atoms with Crippen molar-refractivity contribution in [1.29, 1.82) is 0 Å². The third-order valence-electron chi connectivity index (χ3n) is 2.89. The molecular weight excluding hydrogens is 204 g/mol. The quantitative estimate of drug-likeness (QED) is 0.831. The van der Waals surface area contributed by atoms with Crippen LogP contribution in [0.25, 0.3) is 0 Å². The Morgan fingerprint density at radius 3 is 3.00 bits per heavy atom. The van der Waals surface area contributed by atoms with E-state index in [1.54, 1.807) is 0 Å². The van der Waals surface area contributed by atoms with Crippen molar-refractivity contribution in [3.63, 3.8) is 0 Å². The molecule has 0 radical (unpaired) electrons. The van der Waals surface area contributed by atoms with E-state index in [0.29, 0.717) is 12.6 Å². The van der Waals surface area contributed by atoms with E-state index >= 15 is 0 Å². The van der Waals surface area contributed by atoms with Gasteiger partial charge in [0.15, 0.2) is 0 Å². The summed E-state index contributed by atoms with van der Waals surface area (Å²) >= 11 is 2.04. The van der Waals surface area contributed by atoms with Crippen molar-refractivity contribution in [2.75, 3.05) is 23.0 Å². The molecule has 0 amide bonds. The second kappa shape index (κ2) is 4.90. The number of nitrogens with zero attached hydrogens (tertiary/aromatic N) is 1. The van der Waals surface area contributed by atoms with E-state index in [1.165, 1.54) is 22.8 Å². The number of benzene rings is 1. The Labute approximate surface area is 95.8 Å². The van der Waals surface area contributed by atoms with Crippen LogP contribution in [0, 0.1) is 0 Å². The molecule has 0 bridgehead atoms. The van der Waals surface area contributed by atoms with Crippen LogP contribution in [0.4, 0.5) is 5.69 Å². The number of hydrogen-bond donors (Lipinski definition) is 1. The van der Waals surface area contributed by atoms with Crippen molar-refractivity contribution in [2.24, 2.45) is 5.73 Å². The van der Waals surface area contributed by atoms with Gasteiger partial charge in [-0.25, -0.2) is 0 Å². The van der Waals surface area contributed by atoms with E-state index in [0.717, 1.165) is 6.54 Å². The van der Waals surface area contributed by atoms with Gasteiger partial charge in [0.1, 0.15) is 0 Å². The first-order valence-electron chi connectivity index (χ1n) is 5.45. The topological polar surface area (TPSA) is 29.3 Å². The standard InChI is InChI=1S/C12H18N2S/c1-10-9-15-7-6-14(10)12-5-3-2-4-11(12)8-13/h2-5,10H,6-9,13H2,1H3. The number of anilines is 1. The zero-order valence-electron chi connectivity index (χ0n) is 9.15. The second-order valence-electron chi connectivity index (χ2n) is 3.95. The van der Waals surface area contributed by atoms with E-state index in [2.05, 4.69) is 36.1 Å². The highest BCUT2D eigenvalue weighted by atomic mass is 32.2. The molecule has 2 rings (SSSR count). The zero-order valence-corrected chi connectivity index (χ0v) is 9.96. The Balaban J connectivity index is 2.26. The maximum atomic E-state index is 5.77. The molecular formula is C12H18N2S. The minimum absolute atomic E-state index is 0.622. The van der Waals surface area contributed by atoms with E-state index in [9.17, 15) is 0 Å². The highest BCUT2D eigenvalue weighted by Crippen LogP contribution is 2.26. The smallest absolute Gasteiger partial charge is 0.0414 e. The van der Waals surface area contributed by atoms with Gasteiger partial charge in [0, 0.05) is 36.3 Å². The highest BCUT2D eigenvalue weighted by molar-refractivity contribution is 7.99. The lowest BCUT2D eigenvalue weighted by Gasteiger charge is -2.36. The van der Waals surface area contributed by atoms with Crippen LogP contribution in [0.2, 0.25) is 0 Å². The molecule has 1 heterocycles. The molecule has 15 heavy (non-hydrogen) atoms. The Kier molecular flexibility index (Phi) is 3.54.